The molecular formula is C16H13F2NO. The average molecular weight is 273 g/mol. The van der Waals surface area contributed by atoms with Crippen molar-refractivity contribution >= 4 is 0 Å². The van der Waals surface area contributed by atoms with Crippen LogP contribution in [0.2, 0.25) is 0 Å². The maximum absolute atomic E-state index is 13.7. The van der Waals surface area contributed by atoms with Gasteiger partial charge in [-0.15, -0.1) is 0 Å². The van der Waals surface area contributed by atoms with Gasteiger partial charge in [-0.25, -0.2) is 8.78 Å². The second-order valence-corrected chi connectivity index (χ2v) is 4.61. The molecule has 2 nitrogen and oxygen atoms in total. The smallest absolute Gasteiger partial charge is 0.137 e. The number of nitrogens with zero attached hydrogens (tertiary/aromatic N) is 1. The zero-order valence-electron chi connectivity index (χ0n) is 11.2. The van der Waals surface area contributed by atoms with Crippen LogP contribution in [0.3, 0.4) is 0 Å². The summed E-state index contributed by atoms with van der Waals surface area (Å²) in [6.07, 6.45) is -0.0597. The van der Waals surface area contributed by atoms with Gasteiger partial charge in [0.2, 0.25) is 0 Å². The molecule has 2 aromatic carbocycles. The van der Waals surface area contributed by atoms with Crippen LogP contribution in [0.25, 0.3) is 11.1 Å². The van der Waals surface area contributed by atoms with Crippen molar-refractivity contribution in [3.8, 4) is 22.9 Å². The average Bonchev–Trinajstić information content (AvgIpc) is 2.39. The van der Waals surface area contributed by atoms with Crippen LogP contribution < -0.4 is 4.74 Å². The Morgan fingerprint density at radius 3 is 2.45 bits per heavy atom. The van der Waals surface area contributed by atoms with Gasteiger partial charge in [-0.2, -0.15) is 5.26 Å². The van der Waals surface area contributed by atoms with Crippen LogP contribution in [0.1, 0.15) is 19.4 Å². The lowest BCUT2D eigenvalue weighted by Crippen LogP contribution is -2.06. The van der Waals surface area contributed by atoms with Crippen LogP contribution in [0.5, 0.6) is 5.75 Å². The molecule has 102 valence electrons. The van der Waals surface area contributed by atoms with Crippen molar-refractivity contribution in [1.29, 1.82) is 5.26 Å². The normalized spacial score (nSPS) is 10.4. The highest BCUT2D eigenvalue weighted by Gasteiger charge is 2.11. The molecule has 0 unspecified atom stereocenters. The molecule has 0 aliphatic heterocycles. The van der Waals surface area contributed by atoms with Crippen LogP contribution in [0.4, 0.5) is 8.78 Å². The number of hydrogen-bond acceptors (Lipinski definition) is 2. The highest BCUT2D eigenvalue weighted by molar-refractivity contribution is 5.67. The number of benzene rings is 2. The van der Waals surface area contributed by atoms with E-state index in [1.165, 1.54) is 18.2 Å². The van der Waals surface area contributed by atoms with Gasteiger partial charge in [-0.05, 0) is 43.7 Å². The summed E-state index contributed by atoms with van der Waals surface area (Å²) >= 11 is 0. The number of hydrogen-bond donors (Lipinski definition) is 0. The Hall–Kier alpha value is -2.41. The first-order valence-electron chi connectivity index (χ1n) is 6.17. The molecule has 0 heterocycles. The number of halogens is 2. The summed E-state index contributed by atoms with van der Waals surface area (Å²) in [6.45, 7) is 3.71. The Morgan fingerprint density at radius 2 is 1.85 bits per heavy atom. The molecule has 0 aliphatic rings. The van der Waals surface area contributed by atoms with Gasteiger partial charge in [0.15, 0.2) is 0 Å². The highest BCUT2D eigenvalue weighted by atomic mass is 19.1. The molecular weight excluding hydrogens is 260 g/mol. The van der Waals surface area contributed by atoms with Crippen molar-refractivity contribution in [2.75, 3.05) is 0 Å². The second-order valence-electron chi connectivity index (χ2n) is 4.61. The minimum absolute atomic E-state index is 0.0597. The lowest BCUT2D eigenvalue weighted by molar-refractivity contribution is 0.242. The summed E-state index contributed by atoms with van der Waals surface area (Å²) < 4.78 is 32.1. The molecule has 2 aromatic rings. The van der Waals surface area contributed by atoms with Crippen molar-refractivity contribution in [2.24, 2.45) is 0 Å². The molecule has 0 aliphatic carbocycles. The second kappa shape index (κ2) is 5.70. The quantitative estimate of drug-likeness (QED) is 0.835. The van der Waals surface area contributed by atoms with Gasteiger partial charge in [0, 0.05) is 11.6 Å². The number of rotatable bonds is 3. The zero-order valence-corrected chi connectivity index (χ0v) is 11.2. The van der Waals surface area contributed by atoms with Crippen molar-refractivity contribution in [3.05, 3.63) is 53.6 Å². The summed E-state index contributed by atoms with van der Waals surface area (Å²) in [5, 5.41) is 9.13. The third-order valence-electron chi connectivity index (χ3n) is 2.70. The van der Waals surface area contributed by atoms with Gasteiger partial charge in [0.25, 0.3) is 0 Å². The fourth-order valence-electron chi connectivity index (χ4n) is 1.87. The van der Waals surface area contributed by atoms with Crippen LogP contribution in [0, 0.1) is 23.0 Å². The first kappa shape index (κ1) is 14.0. The van der Waals surface area contributed by atoms with Gasteiger partial charge in [-0.1, -0.05) is 6.07 Å². The fourth-order valence-corrected chi connectivity index (χ4v) is 1.87. The van der Waals surface area contributed by atoms with Gasteiger partial charge in [0.05, 0.1) is 11.7 Å². The highest BCUT2D eigenvalue weighted by Crippen LogP contribution is 2.29. The molecule has 2 rings (SSSR count). The van der Waals surface area contributed by atoms with E-state index >= 15 is 0 Å². The standard InChI is InChI=1S/C16H13F2NO/c1-10(2)20-16-6-3-11(7-12(16)9-19)14-5-4-13(17)8-15(14)18/h3-8,10H,1-2H3. The summed E-state index contributed by atoms with van der Waals surface area (Å²) in [4.78, 5) is 0. The van der Waals surface area contributed by atoms with Crippen LogP contribution in [-0.2, 0) is 0 Å². The number of ether oxygens (including phenoxy) is 1. The molecule has 0 spiro atoms. The summed E-state index contributed by atoms with van der Waals surface area (Å²) in [5.41, 5.74) is 1.08. The van der Waals surface area contributed by atoms with Crippen molar-refractivity contribution in [1.82, 2.24) is 0 Å². The molecule has 0 radical (unpaired) electrons. The fraction of sp³-hybridized carbons (Fsp3) is 0.188. The van der Waals surface area contributed by atoms with E-state index in [4.69, 9.17) is 10.00 Å². The lowest BCUT2D eigenvalue weighted by atomic mass is 10.0. The first-order valence-corrected chi connectivity index (χ1v) is 6.17. The van der Waals surface area contributed by atoms with E-state index < -0.39 is 11.6 Å². The topological polar surface area (TPSA) is 33.0 Å². The lowest BCUT2D eigenvalue weighted by Gasteiger charge is -2.12. The van der Waals surface area contributed by atoms with Crippen LogP contribution in [0.15, 0.2) is 36.4 Å². The molecule has 0 bridgehead atoms. The summed E-state index contributed by atoms with van der Waals surface area (Å²) in [6, 6.07) is 10.2. The predicted octanol–water partition coefficient (Wildman–Crippen LogP) is 4.29. The van der Waals surface area contributed by atoms with Gasteiger partial charge in [-0.3, -0.25) is 0 Å². The van der Waals surface area contributed by atoms with E-state index in [1.54, 1.807) is 12.1 Å². The van der Waals surface area contributed by atoms with E-state index in [0.29, 0.717) is 16.9 Å². The Kier molecular flexibility index (Phi) is 3.99. The van der Waals surface area contributed by atoms with E-state index in [0.717, 1.165) is 6.07 Å². The summed E-state index contributed by atoms with van der Waals surface area (Å²) in [5.74, 6) is -0.841. The minimum atomic E-state index is -0.661. The van der Waals surface area contributed by atoms with E-state index in [9.17, 15) is 8.78 Å². The van der Waals surface area contributed by atoms with E-state index in [1.807, 2.05) is 19.9 Å². The molecule has 0 saturated heterocycles. The molecule has 20 heavy (non-hydrogen) atoms. The Bertz CT molecular complexity index is 675. The predicted molar refractivity (Wildman–Crippen MR) is 72.3 cm³/mol. The Morgan fingerprint density at radius 1 is 1.10 bits per heavy atom. The van der Waals surface area contributed by atoms with Crippen LogP contribution >= 0.6 is 0 Å². The van der Waals surface area contributed by atoms with Gasteiger partial charge in [0.1, 0.15) is 23.5 Å². The van der Waals surface area contributed by atoms with Gasteiger partial charge >= 0.3 is 0 Å². The number of nitriles is 1. The van der Waals surface area contributed by atoms with Gasteiger partial charge < -0.3 is 4.74 Å². The maximum atomic E-state index is 13.7. The molecule has 0 saturated carbocycles. The molecule has 0 fully saturated rings. The third kappa shape index (κ3) is 2.94. The van der Waals surface area contributed by atoms with E-state index in [-0.39, 0.29) is 11.7 Å². The van der Waals surface area contributed by atoms with Crippen LogP contribution in [-0.4, -0.2) is 6.10 Å². The monoisotopic (exact) mass is 273 g/mol. The van der Waals surface area contributed by atoms with Crippen molar-refractivity contribution in [3.63, 3.8) is 0 Å². The zero-order chi connectivity index (χ0) is 14.7. The van der Waals surface area contributed by atoms with Crippen molar-refractivity contribution in [2.45, 2.75) is 20.0 Å². The SMILES string of the molecule is CC(C)Oc1ccc(-c2ccc(F)cc2F)cc1C#N. The summed E-state index contributed by atoms with van der Waals surface area (Å²) in [7, 11) is 0. The molecule has 0 N–H and O–H groups in total. The first-order chi connectivity index (χ1) is 9.51. The Labute approximate surface area is 116 Å². The largest absolute Gasteiger partial charge is 0.490 e. The Balaban J connectivity index is 2.46. The molecule has 0 atom stereocenters. The molecule has 0 aromatic heterocycles. The molecule has 4 heteroatoms. The van der Waals surface area contributed by atoms with Crippen molar-refractivity contribution < 1.29 is 13.5 Å². The third-order valence-corrected chi connectivity index (χ3v) is 2.70. The molecule has 0 amide bonds. The van der Waals surface area contributed by atoms with E-state index in [2.05, 4.69) is 0 Å². The maximum Gasteiger partial charge on any atom is 0.137 e. The minimum Gasteiger partial charge on any atom is -0.490 e.